The Bertz CT molecular complexity index is 540. The maximum atomic E-state index is 12.5. The normalized spacial score (nSPS) is 30.3. The summed E-state index contributed by atoms with van der Waals surface area (Å²) >= 11 is 0. The second kappa shape index (κ2) is 5.84. The SMILES string of the molecule is CC(C)(CNC(=O)N1C[C@@H]2CCC[C@@]2(C(=O)O)C1)C1=CCCC1. The number of nitrogens with one attached hydrogen (secondary N) is 1. The largest absolute Gasteiger partial charge is 0.481 e. The third-order valence-electron chi connectivity index (χ3n) is 6.18. The van der Waals surface area contributed by atoms with Crippen molar-refractivity contribution in [2.45, 2.75) is 52.4 Å². The number of nitrogens with zero attached hydrogens (tertiary/aromatic N) is 1. The van der Waals surface area contributed by atoms with E-state index in [-0.39, 0.29) is 17.4 Å². The number of urea groups is 1. The third-order valence-corrected chi connectivity index (χ3v) is 6.18. The Labute approximate surface area is 138 Å². The third kappa shape index (κ3) is 2.86. The molecule has 1 saturated carbocycles. The number of aliphatic carboxylic acids is 1. The Morgan fingerprint density at radius 2 is 2.22 bits per heavy atom. The molecule has 2 aliphatic carbocycles. The van der Waals surface area contributed by atoms with Crippen molar-refractivity contribution in [3.05, 3.63) is 11.6 Å². The Morgan fingerprint density at radius 3 is 2.83 bits per heavy atom. The van der Waals surface area contributed by atoms with Gasteiger partial charge in [-0.15, -0.1) is 0 Å². The molecular weight excluding hydrogens is 292 g/mol. The van der Waals surface area contributed by atoms with Gasteiger partial charge in [-0.2, -0.15) is 0 Å². The Morgan fingerprint density at radius 1 is 1.43 bits per heavy atom. The number of hydrogen-bond acceptors (Lipinski definition) is 2. The predicted molar refractivity (Wildman–Crippen MR) is 88.1 cm³/mol. The quantitative estimate of drug-likeness (QED) is 0.782. The average molecular weight is 320 g/mol. The van der Waals surface area contributed by atoms with Gasteiger partial charge < -0.3 is 15.3 Å². The van der Waals surface area contributed by atoms with E-state index < -0.39 is 11.4 Å². The first-order valence-electron chi connectivity index (χ1n) is 8.81. The lowest BCUT2D eigenvalue weighted by molar-refractivity contribution is -0.149. The van der Waals surface area contributed by atoms with Crippen molar-refractivity contribution in [2.24, 2.45) is 16.7 Å². The van der Waals surface area contributed by atoms with Gasteiger partial charge in [0.2, 0.25) is 0 Å². The molecular formula is C18H28N2O3. The van der Waals surface area contributed by atoms with E-state index in [1.54, 1.807) is 4.90 Å². The topological polar surface area (TPSA) is 69.6 Å². The number of hydrogen-bond donors (Lipinski definition) is 2. The first-order chi connectivity index (χ1) is 10.8. The standard InChI is InChI=1S/C18H28N2O3/c1-17(2,13-6-3-4-7-13)11-19-16(23)20-10-14-8-5-9-18(14,12-20)15(21)22/h6,14H,3-5,7-12H2,1-2H3,(H,19,23)(H,21,22)/t14-,18+/m0/s1. The smallest absolute Gasteiger partial charge is 0.317 e. The van der Waals surface area contributed by atoms with Crippen LogP contribution in [0.4, 0.5) is 4.79 Å². The fourth-order valence-corrected chi connectivity index (χ4v) is 4.60. The highest BCUT2D eigenvalue weighted by Gasteiger charge is 2.55. The summed E-state index contributed by atoms with van der Waals surface area (Å²) in [5.74, 6) is -0.608. The van der Waals surface area contributed by atoms with Gasteiger partial charge in [-0.1, -0.05) is 31.9 Å². The van der Waals surface area contributed by atoms with Gasteiger partial charge in [0.15, 0.2) is 0 Å². The molecule has 2 N–H and O–H groups in total. The number of rotatable bonds is 4. The fourth-order valence-electron chi connectivity index (χ4n) is 4.60. The summed E-state index contributed by atoms with van der Waals surface area (Å²) in [6.07, 6.45) is 8.36. The van der Waals surface area contributed by atoms with Crippen LogP contribution in [0.15, 0.2) is 11.6 Å². The zero-order chi connectivity index (χ0) is 16.7. The van der Waals surface area contributed by atoms with Gasteiger partial charge in [-0.05, 0) is 38.0 Å². The summed E-state index contributed by atoms with van der Waals surface area (Å²) in [4.78, 5) is 25.9. The van der Waals surface area contributed by atoms with Crippen LogP contribution in [-0.2, 0) is 4.79 Å². The monoisotopic (exact) mass is 320 g/mol. The van der Waals surface area contributed by atoms with Crippen LogP contribution in [0, 0.1) is 16.7 Å². The minimum absolute atomic E-state index is 0.0216. The second-order valence-corrected chi connectivity index (χ2v) is 8.10. The minimum atomic E-state index is -0.730. The predicted octanol–water partition coefficient (Wildman–Crippen LogP) is 3.02. The summed E-state index contributed by atoms with van der Waals surface area (Å²) in [5, 5.41) is 12.7. The van der Waals surface area contributed by atoms with Crippen LogP contribution in [0.25, 0.3) is 0 Å². The Kier molecular flexibility index (Phi) is 4.15. The molecule has 23 heavy (non-hydrogen) atoms. The Balaban J connectivity index is 1.59. The molecule has 2 atom stereocenters. The fraction of sp³-hybridized carbons (Fsp3) is 0.778. The number of fused-ring (bicyclic) bond motifs is 1. The molecule has 2 amide bonds. The molecule has 0 bridgehead atoms. The number of carbonyl (C=O) groups is 2. The summed E-state index contributed by atoms with van der Waals surface area (Å²) in [6.45, 7) is 5.89. The number of allylic oxidation sites excluding steroid dienone is 1. The molecule has 0 aromatic rings. The zero-order valence-electron chi connectivity index (χ0n) is 14.2. The number of carboxylic acids is 1. The molecule has 1 heterocycles. The zero-order valence-corrected chi connectivity index (χ0v) is 14.2. The Hall–Kier alpha value is -1.52. The lowest BCUT2D eigenvalue weighted by Crippen LogP contribution is -2.44. The lowest BCUT2D eigenvalue weighted by Gasteiger charge is -2.29. The highest BCUT2D eigenvalue weighted by atomic mass is 16.4. The van der Waals surface area contributed by atoms with Gasteiger partial charge >= 0.3 is 12.0 Å². The first-order valence-corrected chi connectivity index (χ1v) is 8.81. The number of likely N-dealkylation sites (tertiary alicyclic amines) is 1. The van der Waals surface area contributed by atoms with Gasteiger partial charge in [-0.3, -0.25) is 4.79 Å². The molecule has 5 heteroatoms. The van der Waals surface area contributed by atoms with E-state index in [4.69, 9.17) is 0 Å². The number of carboxylic acid groups (broad SMARTS) is 1. The van der Waals surface area contributed by atoms with Crippen molar-refractivity contribution < 1.29 is 14.7 Å². The molecule has 3 aliphatic rings. The molecule has 0 unspecified atom stereocenters. The molecule has 2 fully saturated rings. The van der Waals surface area contributed by atoms with E-state index >= 15 is 0 Å². The first kappa shape index (κ1) is 16.3. The molecule has 5 nitrogen and oxygen atoms in total. The summed E-state index contributed by atoms with van der Waals surface area (Å²) < 4.78 is 0. The molecule has 3 rings (SSSR count). The highest BCUT2D eigenvalue weighted by Crippen LogP contribution is 2.48. The molecule has 0 spiro atoms. The van der Waals surface area contributed by atoms with Crippen molar-refractivity contribution in [3.63, 3.8) is 0 Å². The number of amides is 2. The van der Waals surface area contributed by atoms with Crippen LogP contribution >= 0.6 is 0 Å². The molecule has 0 aromatic carbocycles. The lowest BCUT2D eigenvalue weighted by atomic mass is 9.81. The molecule has 0 aromatic heterocycles. The van der Waals surface area contributed by atoms with Gasteiger partial charge in [-0.25, -0.2) is 4.79 Å². The van der Waals surface area contributed by atoms with Crippen LogP contribution in [0.3, 0.4) is 0 Å². The van der Waals surface area contributed by atoms with Crippen molar-refractivity contribution in [2.75, 3.05) is 19.6 Å². The van der Waals surface area contributed by atoms with Crippen LogP contribution in [0.2, 0.25) is 0 Å². The maximum absolute atomic E-state index is 12.5. The highest BCUT2D eigenvalue weighted by molar-refractivity contribution is 5.80. The molecule has 1 saturated heterocycles. The van der Waals surface area contributed by atoms with Gasteiger partial charge in [0.25, 0.3) is 0 Å². The van der Waals surface area contributed by atoms with Crippen LogP contribution in [0.5, 0.6) is 0 Å². The van der Waals surface area contributed by atoms with Crippen molar-refractivity contribution in [1.29, 1.82) is 0 Å². The average Bonchev–Trinajstić information content (AvgIpc) is 3.18. The van der Waals surface area contributed by atoms with E-state index in [2.05, 4.69) is 25.2 Å². The molecule has 0 radical (unpaired) electrons. The van der Waals surface area contributed by atoms with Crippen molar-refractivity contribution in [1.82, 2.24) is 10.2 Å². The van der Waals surface area contributed by atoms with Gasteiger partial charge in [0.1, 0.15) is 0 Å². The molecule has 128 valence electrons. The van der Waals surface area contributed by atoms with Gasteiger partial charge in [0.05, 0.1) is 5.41 Å². The van der Waals surface area contributed by atoms with E-state index in [1.807, 2.05) is 0 Å². The van der Waals surface area contributed by atoms with Crippen LogP contribution in [-0.4, -0.2) is 41.6 Å². The van der Waals surface area contributed by atoms with E-state index in [9.17, 15) is 14.7 Å². The number of carbonyl (C=O) groups excluding carboxylic acids is 1. The van der Waals surface area contributed by atoms with Gasteiger partial charge in [0, 0.05) is 25.0 Å². The minimum Gasteiger partial charge on any atom is -0.481 e. The van der Waals surface area contributed by atoms with E-state index in [1.165, 1.54) is 12.0 Å². The van der Waals surface area contributed by atoms with Crippen molar-refractivity contribution >= 4 is 12.0 Å². The van der Waals surface area contributed by atoms with Crippen LogP contribution < -0.4 is 5.32 Å². The summed E-state index contributed by atoms with van der Waals surface area (Å²) in [6, 6.07) is -0.105. The summed E-state index contributed by atoms with van der Waals surface area (Å²) in [7, 11) is 0. The van der Waals surface area contributed by atoms with Crippen molar-refractivity contribution in [3.8, 4) is 0 Å². The van der Waals surface area contributed by atoms with E-state index in [0.29, 0.717) is 26.1 Å². The summed E-state index contributed by atoms with van der Waals surface area (Å²) in [5.41, 5.74) is 0.714. The van der Waals surface area contributed by atoms with E-state index in [0.717, 1.165) is 25.7 Å². The molecule has 1 aliphatic heterocycles. The van der Waals surface area contributed by atoms with Crippen LogP contribution in [0.1, 0.15) is 52.4 Å². The maximum Gasteiger partial charge on any atom is 0.317 e. The second-order valence-electron chi connectivity index (χ2n) is 8.10.